The van der Waals surface area contributed by atoms with Crippen molar-refractivity contribution in [1.29, 1.82) is 0 Å². The van der Waals surface area contributed by atoms with Crippen molar-refractivity contribution in [2.24, 2.45) is 0 Å². The van der Waals surface area contributed by atoms with Gasteiger partial charge in [0.15, 0.2) is 0 Å². The van der Waals surface area contributed by atoms with E-state index >= 15 is 0 Å². The first kappa shape index (κ1) is 14.8. The monoisotopic (exact) mass is 277 g/mol. The number of methoxy groups -OCH3 is 1. The molecule has 0 atom stereocenters. The van der Waals surface area contributed by atoms with E-state index in [1.165, 1.54) is 16.8 Å². The molecule has 1 heterocycles. The van der Waals surface area contributed by atoms with Gasteiger partial charge in [0.05, 0.1) is 6.61 Å². The van der Waals surface area contributed by atoms with Gasteiger partial charge in [-0.1, -0.05) is 18.2 Å². The summed E-state index contributed by atoms with van der Waals surface area (Å²) in [6.45, 7) is 3.63. The second-order valence-corrected chi connectivity index (χ2v) is 4.90. The Hall–Kier alpha value is -1.59. The van der Waals surface area contributed by atoms with Gasteiger partial charge in [0.1, 0.15) is 0 Å². The van der Waals surface area contributed by atoms with E-state index in [0.29, 0.717) is 26.1 Å². The predicted molar refractivity (Wildman–Crippen MR) is 79.8 cm³/mol. The van der Waals surface area contributed by atoms with Crippen LogP contribution in [0.25, 0.3) is 0 Å². The fraction of sp³-hybridized carbons (Fsp3) is 0.533. The minimum absolute atomic E-state index is 0.0611. The maximum atomic E-state index is 11.5. The van der Waals surface area contributed by atoms with E-state index in [1.807, 2.05) is 0 Å². The summed E-state index contributed by atoms with van der Waals surface area (Å²) in [5, 5.41) is 9.55. The standard InChI is InChI=1S/C15H23N3O2/c1-20-10-9-17-14(19)6-7-16-11-13-4-2-3-12-5-8-18-15(12)13/h2-4,16,18H,5-11H2,1H3,(H,17,19). The quantitative estimate of drug-likeness (QED) is 0.618. The van der Waals surface area contributed by atoms with Crippen LogP contribution in [-0.2, 0) is 22.5 Å². The van der Waals surface area contributed by atoms with Gasteiger partial charge in [-0.3, -0.25) is 4.79 Å². The van der Waals surface area contributed by atoms with E-state index in [4.69, 9.17) is 4.74 Å². The topological polar surface area (TPSA) is 62.4 Å². The Labute approximate surface area is 120 Å². The molecule has 20 heavy (non-hydrogen) atoms. The summed E-state index contributed by atoms with van der Waals surface area (Å²) in [5.74, 6) is 0.0611. The molecule has 0 unspecified atom stereocenters. The van der Waals surface area contributed by atoms with Gasteiger partial charge in [-0.05, 0) is 17.5 Å². The van der Waals surface area contributed by atoms with Crippen LogP contribution in [0.4, 0.5) is 5.69 Å². The average molecular weight is 277 g/mol. The number of ether oxygens (including phenoxy) is 1. The molecular formula is C15H23N3O2. The minimum Gasteiger partial charge on any atom is -0.384 e. The number of hydrogen-bond acceptors (Lipinski definition) is 4. The van der Waals surface area contributed by atoms with Crippen LogP contribution in [-0.4, -0.2) is 39.3 Å². The second-order valence-electron chi connectivity index (χ2n) is 4.90. The van der Waals surface area contributed by atoms with Crippen LogP contribution in [0.5, 0.6) is 0 Å². The van der Waals surface area contributed by atoms with Crippen LogP contribution in [0.15, 0.2) is 18.2 Å². The first-order valence-electron chi connectivity index (χ1n) is 7.12. The minimum atomic E-state index is 0.0611. The highest BCUT2D eigenvalue weighted by Crippen LogP contribution is 2.25. The molecular weight excluding hydrogens is 254 g/mol. The van der Waals surface area contributed by atoms with Gasteiger partial charge in [0.2, 0.25) is 5.91 Å². The van der Waals surface area contributed by atoms with E-state index in [0.717, 1.165) is 19.5 Å². The van der Waals surface area contributed by atoms with Crippen molar-refractivity contribution in [1.82, 2.24) is 10.6 Å². The normalized spacial score (nSPS) is 12.8. The molecule has 5 heteroatoms. The third-order valence-electron chi connectivity index (χ3n) is 3.41. The molecule has 0 saturated heterocycles. The van der Waals surface area contributed by atoms with E-state index < -0.39 is 0 Å². The van der Waals surface area contributed by atoms with Crippen molar-refractivity contribution in [3.05, 3.63) is 29.3 Å². The molecule has 0 saturated carbocycles. The molecule has 3 N–H and O–H groups in total. The number of amides is 1. The van der Waals surface area contributed by atoms with Crippen molar-refractivity contribution in [3.63, 3.8) is 0 Å². The molecule has 0 spiro atoms. The van der Waals surface area contributed by atoms with Gasteiger partial charge in [-0.25, -0.2) is 0 Å². The summed E-state index contributed by atoms with van der Waals surface area (Å²) in [5.41, 5.74) is 3.94. The number of para-hydroxylation sites is 1. The van der Waals surface area contributed by atoms with Crippen molar-refractivity contribution < 1.29 is 9.53 Å². The number of benzene rings is 1. The van der Waals surface area contributed by atoms with Crippen molar-refractivity contribution >= 4 is 11.6 Å². The summed E-state index contributed by atoms with van der Waals surface area (Å²) >= 11 is 0. The van der Waals surface area contributed by atoms with Crippen LogP contribution in [0.3, 0.4) is 0 Å². The van der Waals surface area contributed by atoms with E-state index in [9.17, 15) is 4.79 Å². The van der Waals surface area contributed by atoms with Gasteiger partial charge in [0.25, 0.3) is 0 Å². The number of carbonyl (C=O) groups is 1. The largest absolute Gasteiger partial charge is 0.384 e. The molecule has 0 bridgehead atoms. The molecule has 0 aliphatic carbocycles. The highest BCUT2D eigenvalue weighted by atomic mass is 16.5. The van der Waals surface area contributed by atoms with Crippen molar-refractivity contribution in [2.45, 2.75) is 19.4 Å². The van der Waals surface area contributed by atoms with Crippen molar-refractivity contribution in [2.75, 3.05) is 38.7 Å². The third-order valence-corrected chi connectivity index (χ3v) is 3.41. The van der Waals surface area contributed by atoms with Crippen LogP contribution in [0.1, 0.15) is 17.5 Å². The number of anilines is 1. The summed E-state index contributed by atoms with van der Waals surface area (Å²) in [4.78, 5) is 11.5. The molecule has 1 amide bonds. The Morgan fingerprint density at radius 3 is 3.15 bits per heavy atom. The Balaban J connectivity index is 1.66. The van der Waals surface area contributed by atoms with E-state index in [2.05, 4.69) is 34.1 Å². The lowest BCUT2D eigenvalue weighted by Crippen LogP contribution is -2.30. The number of rotatable bonds is 8. The smallest absolute Gasteiger partial charge is 0.221 e. The maximum Gasteiger partial charge on any atom is 0.221 e. The molecule has 110 valence electrons. The highest BCUT2D eigenvalue weighted by molar-refractivity contribution is 5.76. The molecule has 0 radical (unpaired) electrons. The lowest BCUT2D eigenvalue weighted by atomic mass is 10.1. The van der Waals surface area contributed by atoms with Gasteiger partial charge < -0.3 is 20.7 Å². The summed E-state index contributed by atoms with van der Waals surface area (Å²) in [7, 11) is 1.63. The molecule has 0 aromatic heterocycles. The van der Waals surface area contributed by atoms with E-state index in [1.54, 1.807) is 7.11 Å². The predicted octanol–water partition coefficient (Wildman–Crippen LogP) is 0.897. The fourth-order valence-electron chi connectivity index (χ4n) is 2.36. The number of hydrogen-bond donors (Lipinski definition) is 3. The maximum absolute atomic E-state index is 11.5. The molecule has 1 aromatic rings. The lowest BCUT2D eigenvalue weighted by Gasteiger charge is -2.10. The zero-order valence-electron chi connectivity index (χ0n) is 12.0. The third kappa shape index (κ3) is 4.21. The van der Waals surface area contributed by atoms with Crippen LogP contribution in [0.2, 0.25) is 0 Å². The lowest BCUT2D eigenvalue weighted by molar-refractivity contribution is -0.121. The van der Waals surface area contributed by atoms with Crippen LogP contribution >= 0.6 is 0 Å². The van der Waals surface area contributed by atoms with Gasteiger partial charge >= 0.3 is 0 Å². The van der Waals surface area contributed by atoms with Crippen LogP contribution in [0, 0.1) is 0 Å². The molecule has 5 nitrogen and oxygen atoms in total. The number of nitrogens with one attached hydrogen (secondary N) is 3. The second kappa shape index (κ2) is 7.87. The summed E-state index contributed by atoms with van der Waals surface area (Å²) in [6.07, 6.45) is 1.59. The number of carbonyl (C=O) groups excluding carboxylic acids is 1. The number of fused-ring (bicyclic) bond motifs is 1. The zero-order chi connectivity index (χ0) is 14.2. The Kier molecular flexibility index (Phi) is 5.83. The summed E-state index contributed by atoms with van der Waals surface area (Å²) in [6, 6.07) is 6.39. The molecule has 0 fully saturated rings. The Morgan fingerprint density at radius 2 is 2.30 bits per heavy atom. The Morgan fingerprint density at radius 1 is 1.40 bits per heavy atom. The van der Waals surface area contributed by atoms with Gasteiger partial charge in [-0.15, -0.1) is 0 Å². The molecule has 1 aromatic carbocycles. The zero-order valence-corrected chi connectivity index (χ0v) is 12.0. The van der Waals surface area contributed by atoms with Gasteiger partial charge in [0, 0.05) is 45.4 Å². The summed E-state index contributed by atoms with van der Waals surface area (Å²) < 4.78 is 4.88. The first-order chi connectivity index (χ1) is 9.81. The fourth-order valence-corrected chi connectivity index (χ4v) is 2.36. The average Bonchev–Trinajstić information content (AvgIpc) is 2.93. The highest BCUT2D eigenvalue weighted by Gasteiger charge is 2.12. The van der Waals surface area contributed by atoms with E-state index in [-0.39, 0.29) is 5.91 Å². The molecule has 1 aliphatic heterocycles. The van der Waals surface area contributed by atoms with Crippen LogP contribution < -0.4 is 16.0 Å². The first-order valence-corrected chi connectivity index (χ1v) is 7.12. The molecule has 2 rings (SSSR count). The SMILES string of the molecule is COCCNC(=O)CCNCc1cccc2c1NCC2. The van der Waals surface area contributed by atoms with Crippen molar-refractivity contribution in [3.8, 4) is 0 Å². The van der Waals surface area contributed by atoms with Gasteiger partial charge in [-0.2, -0.15) is 0 Å². The Bertz CT molecular complexity index is 449. The molecule has 1 aliphatic rings.